The molecular weight excluding hydrogens is 803 g/mol. The van der Waals surface area contributed by atoms with Gasteiger partial charge in [-0.25, -0.2) is 0 Å². The van der Waals surface area contributed by atoms with Crippen LogP contribution in [0.25, 0.3) is 0 Å². The first-order valence-electron chi connectivity index (χ1n) is 29.8. The fraction of sp³-hybridized carbons (Fsp3) is 0.966. The van der Waals surface area contributed by atoms with E-state index >= 15 is 0 Å². The summed E-state index contributed by atoms with van der Waals surface area (Å²) in [5.74, 6) is -0.0681. The first-order valence-corrected chi connectivity index (χ1v) is 29.8. The highest BCUT2D eigenvalue weighted by molar-refractivity contribution is 5.76. The van der Waals surface area contributed by atoms with Crippen LogP contribution in [-0.4, -0.2) is 47.4 Å². The lowest BCUT2D eigenvalue weighted by molar-refractivity contribution is -0.143. The zero-order chi connectivity index (χ0) is 47.2. The van der Waals surface area contributed by atoms with Crippen molar-refractivity contribution in [3.63, 3.8) is 0 Å². The minimum Gasteiger partial charge on any atom is -0.466 e. The molecule has 0 saturated carbocycles. The summed E-state index contributed by atoms with van der Waals surface area (Å²) in [5.41, 5.74) is 0. The molecule has 388 valence electrons. The van der Waals surface area contributed by atoms with Gasteiger partial charge >= 0.3 is 5.97 Å². The van der Waals surface area contributed by atoms with Crippen LogP contribution in [0.3, 0.4) is 0 Å². The summed E-state index contributed by atoms with van der Waals surface area (Å²) in [6.45, 7) is 4.93. The van der Waals surface area contributed by atoms with Crippen LogP contribution < -0.4 is 5.32 Å². The number of esters is 1. The van der Waals surface area contributed by atoms with Gasteiger partial charge in [0, 0.05) is 12.8 Å². The van der Waals surface area contributed by atoms with Gasteiger partial charge in [0.15, 0.2) is 0 Å². The van der Waals surface area contributed by atoms with Crippen LogP contribution in [0.1, 0.15) is 341 Å². The summed E-state index contributed by atoms with van der Waals surface area (Å²) in [5, 5.41) is 23.4. The number of aliphatic hydroxyl groups is 2. The highest BCUT2D eigenvalue weighted by Gasteiger charge is 2.20. The van der Waals surface area contributed by atoms with Crippen molar-refractivity contribution >= 4 is 11.9 Å². The number of aliphatic hydroxyl groups excluding tert-OH is 2. The van der Waals surface area contributed by atoms with Gasteiger partial charge in [-0.1, -0.05) is 303 Å². The fourth-order valence-corrected chi connectivity index (χ4v) is 9.58. The number of ether oxygens (including phenoxy) is 1. The van der Waals surface area contributed by atoms with E-state index in [1.807, 2.05) is 0 Å². The van der Waals surface area contributed by atoms with Crippen molar-refractivity contribution in [3.05, 3.63) is 0 Å². The molecule has 3 N–H and O–H groups in total. The van der Waals surface area contributed by atoms with Crippen LogP contribution in [0.15, 0.2) is 0 Å². The number of rotatable bonds is 56. The van der Waals surface area contributed by atoms with Crippen LogP contribution in [-0.2, 0) is 14.3 Å². The summed E-state index contributed by atoms with van der Waals surface area (Å²) >= 11 is 0. The van der Waals surface area contributed by atoms with Crippen LogP contribution in [0.5, 0.6) is 0 Å². The minimum atomic E-state index is -0.678. The van der Waals surface area contributed by atoms with E-state index in [4.69, 9.17) is 4.74 Å². The van der Waals surface area contributed by atoms with Gasteiger partial charge in [-0.15, -0.1) is 0 Å². The van der Waals surface area contributed by atoms with Gasteiger partial charge in [-0.05, 0) is 25.7 Å². The van der Waals surface area contributed by atoms with Crippen LogP contribution in [0, 0.1) is 0 Å². The molecule has 0 rings (SSSR count). The standard InChI is InChI=1S/C59H117NO5/c1-3-5-7-9-11-13-15-17-18-19-20-21-22-23-24-25-26-27-28-30-31-35-39-43-47-51-57(62)56(55-61)60-58(63)52-48-44-40-36-33-34-38-42-46-50-54-65-59(64)53-49-45-41-37-32-29-16-14-12-10-8-6-4-2/h56-57,61-62H,3-55H2,1-2H3,(H,60,63). The number of hydrogen-bond acceptors (Lipinski definition) is 5. The molecule has 0 spiro atoms. The van der Waals surface area contributed by atoms with E-state index in [1.54, 1.807) is 0 Å². The predicted molar refractivity (Wildman–Crippen MR) is 283 cm³/mol. The average molecular weight is 921 g/mol. The van der Waals surface area contributed by atoms with Gasteiger partial charge in [0.2, 0.25) is 5.91 Å². The largest absolute Gasteiger partial charge is 0.466 e. The molecule has 0 aromatic heterocycles. The third-order valence-corrected chi connectivity index (χ3v) is 14.2. The Morgan fingerprint density at radius 1 is 0.369 bits per heavy atom. The Morgan fingerprint density at radius 3 is 0.938 bits per heavy atom. The quantitative estimate of drug-likeness (QED) is 0.0417. The number of nitrogens with one attached hydrogen (secondary N) is 1. The van der Waals surface area contributed by atoms with Crippen molar-refractivity contribution in [2.75, 3.05) is 13.2 Å². The van der Waals surface area contributed by atoms with Crippen molar-refractivity contribution < 1.29 is 24.5 Å². The maximum atomic E-state index is 12.5. The van der Waals surface area contributed by atoms with E-state index in [-0.39, 0.29) is 18.5 Å². The monoisotopic (exact) mass is 920 g/mol. The predicted octanol–water partition coefficient (Wildman–Crippen LogP) is 18.3. The molecular formula is C59H117NO5. The smallest absolute Gasteiger partial charge is 0.305 e. The Balaban J connectivity index is 3.44. The molecule has 0 radical (unpaired) electrons. The molecule has 0 heterocycles. The maximum Gasteiger partial charge on any atom is 0.305 e. The summed E-state index contributed by atoms with van der Waals surface area (Å²) in [6.07, 6.45) is 63.8. The molecule has 0 aliphatic rings. The van der Waals surface area contributed by atoms with Crippen molar-refractivity contribution in [2.24, 2.45) is 0 Å². The molecule has 1 amide bonds. The van der Waals surface area contributed by atoms with Crippen molar-refractivity contribution in [2.45, 2.75) is 353 Å². The van der Waals surface area contributed by atoms with Crippen molar-refractivity contribution in [1.29, 1.82) is 0 Å². The number of hydrogen-bond donors (Lipinski definition) is 3. The van der Waals surface area contributed by atoms with E-state index in [1.165, 1.54) is 250 Å². The molecule has 0 aliphatic heterocycles. The average Bonchev–Trinajstić information content (AvgIpc) is 3.31. The summed E-state index contributed by atoms with van der Waals surface area (Å²) < 4.78 is 5.46. The second-order valence-corrected chi connectivity index (χ2v) is 20.7. The summed E-state index contributed by atoms with van der Waals surface area (Å²) in [7, 11) is 0. The fourth-order valence-electron chi connectivity index (χ4n) is 9.58. The van der Waals surface area contributed by atoms with Gasteiger partial charge < -0.3 is 20.3 Å². The Kier molecular flexibility index (Phi) is 54.5. The second kappa shape index (κ2) is 55.5. The number of carbonyl (C=O) groups is 2. The molecule has 2 atom stereocenters. The molecule has 65 heavy (non-hydrogen) atoms. The van der Waals surface area contributed by atoms with Crippen molar-refractivity contribution in [1.82, 2.24) is 5.32 Å². The zero-order valence-corrected chi connectivity index (χ0v) is 44.3. The lowest BCUT2D eigenvalue weighted by Crippen LogP contribution is -2.45. The van der Waals surface area contributed by atoms with E-state index in [9.17, 15) is 19.8 Å². The molecule has 0 aromatic carbocycles. The molecule has 6 heteroatoms. The van der Waals surface area contributed by atoms with Crippen LogP contribution >= 0.6 is 0 Å². The Bertz CT molecular complexity index is 928. The molecule has 0 aliphatic carbocycles. The topological polar surface area (TPSA) is 95.9 Å². The first kappa shape index (κ1) is 63.9. The summed E-state index contributed by atoms with van der Waals surface area (Å²) in [6, 6.07) is -0.558. The van der Waals surface area contributed by atoms with E-state index in [0.29, 0.717) is 25.9 Å². The van der Waals surface area contributed by atoms with E-state index in [0.717, 1.165) is 57.8 Å². The lowest BCUT2D eigenvalue weighted by Gasteiger charge is -2.22. The maximum absolute atomic E-state index is 12.5. The Hall–Kier alpha value is -1.14. The number of carbonyl (C=O) groups excluding carboxylic acids is 2. The van der Waals surface area contributed by atoms with Gasteiger partial charge in [0.25, 0.3) is 0 Å². The minimum absolute atomic E-state index is 0.0155. The lowest BCUT2D eigenvalue weighted by atomic mass is 10.0. The molecule has 0 fully saturated rings. The first-order chi connectivity index (χ1) is 32.0. The second-order valence-electron chi connectivity index (χ2n) is 20.7. The normalized spacial score (nSPS) is 12.5. The van der Waals surface area contributed by atoms with Crippen molar-refractivity contribution in [3.8, 4) is 0 Å². The molecule has 6 nitrogen and oxygen atoms in total. The van der Waals surface area contributed by atoms with Gasteiger partial charge in [0.05, 0.1) is 25.4 Å². The zero-order valence-electron chi connectivity index (χ0n) is 44.3. The number of amides is 1. The summed E-state index contributed by atoms with van der Waals surface area (Å²) in [4.78, 5) is 24.5. The van der Waals surface area contributed by atoms with Gasteiger partial charge in [-0.2, -0.15) is 0 Å². The SMILES string of the molecule is CCCCCCCCCCCCCCCCCCCCCCCCCCCC(O)C(CO)NC(=O)CCCCCCCCCCCCOC(=O)CCCCCCCCCCCCCCC. The molecule has 0 aromatic rings. The van der Waals surface area contributed by atoms with Crippen LogP contribution in [0.4, 0.5) is 0 Å². The highest BCUT2D eigenvalue weighted by atomic mass is 16.5. The molecule has 2 unspecified atom stereocenters. The third kappa shape index (κ3) is 52.1. The molecule has 0 saturated heterocycles. The van der Waals surface area contributed by atoms with E-state index in [2.05, 4.69) is 19.2 Å². The van der Waals surface area contributed by atoms with Gasteiger partial charge in [0.1, 0.15) is 0 Å². The Labute approximate surface area is 406 Å². The van der Waals surface area contributed by atoms with Crippen LogP contribution in [0.2, 0.25) is 0 Å². The third-order valence-electron chi connectivity index (χ3n) is 14.2. The van der Waals surface area contributed by atoms with E-state index < -0.39 is 12.1 Å². The molecule has 0 bridgehead atoms. The van der Waals surface area contributed by atoms with Gasteiger partial charge in [-0.3, -0.25) is 9.59 Å². The number of unbranched alkanes of at least 4 members (excludes halogenated alkanes) is 45. The highest BCUT2D eigenvalue weighted by Crippen LogP contribution is 2.18. The Morgan fingerprint density at radius 2 is 0.631 bits per heavy atom.